The van der Waals surface area contributed by atoms with Gasteiger partial charge in [0.2, 0.25) is 0 Å². The predicted octanol–water partition coefficient (Wildman–Crippen LogP) is 23.3. The standard InChI is InChI=1S/C78H153NO8/c1-6-8-10-12-14-16-18-20-22-24-26-28-30-32-34-36-38-39-41-43-45-47-49-51-53-55-57-59-61-63-65-67-69-76(81)87-74(73-86-78(77(82)83)84-71-70-79(3,4)5)72-85-75(80)68-66-64-62-60-58-56-54-52-50-48-46-44-42-40-37-35-33-31-29-27-25-23-21-19-17-15-13-11-9-7-2/h74,78H,6-73H2,1-5H3. The molecule has 0 heterocycles. The molecule has 2 unspecified atom stereocenters. The first kappa shape index (κ1) is 85.3. The molecule has 0 aliphatic heterocycles. The quantitative estimate of drug-likeness (QED) is 0.0256. The molecule has 0 aliphatic carbocycles. The Balaban J connectivity index is 3.97. The third-order valence-corrected chi connectivity index (χ3v) is 18.4. The topological polar surface area (TPSA) is 111 Å². The van der Waals surface area contributed by atoms with E-state index in [0.29, 0.717) is 17.4 Å². The Morgan fingerprint density at radius 3 is 0.736 bits per heavy atom. The highest BCUT2D eigenvalue weighted by Crippen LogP contribution is 2.20. The third kappa shape index (κ3) is 71.6. The SMILES string of the molecule is CCCCCCCCCCCCCCCCCCCCCCCCCCCCCCCCCCC(=O)OC(COC(=O)CCCCCCCCCCCCCCCCCCCCCCCCCCCCCCCC)COC(OCC[N+](C)(C)C)C(=O)[O-]. The van der Waals surface area contributed by atoms with Gasteiger partial charge in [0.25, 0.3) is 0 Å². The highest BCUT2D eigenvalue weighted by molar-refractivity contribution is 5.70. The lowest BCUT2D eigenvalue weighted by molar-refractivity contribution is -0.870. The minimum atomic E-state index is -1.62. The number of carboxylic acids is 1. The van der Waals surface area contributed by atoms with Gasteiger partial charge >= 0.3 is 11.9 Å². The van der Waals surface area contributed by atoms with E-state index in [2.05, 4.69) is 13.8 Å². The molecule has 0 aliphatic rings. The highest BCUT2D eigenvalue weighted by Gasteiger charge is 2.22. The largest absolute Gasteiger partial charge is 0.545 e. The number of quaternary nitrogens is 1. The normalized spacial score (nSPS) is 12.5. The monoisotopic (exact) mass is 1230 g/mol. The summed E-state index contributed by atoms with van der Waals surface area (Å²) in [6.45, 7) is 4.86. The van der Waals surface area contributed by atoms with Crippen molar-refractivity contribution < 1.29 is 42.9 Å². The Kier molecular flexibility index (Phi) is 68.8. The summed E-state index contributed by atoms with van der Waals surface area (Å²) in [5, 5.41) is 11.8. The highest BCUT2D eigenvalue weighted by atomic mass is 16.7. The number of carboxylic acid groups (broad SMARTS) is 1. The number of likely N-dealkylation sites (N-methyl/N-ethyl adjacent to an activating group) is 1. The van der Waals surface area contributed by atoms with E-state index in [0.717, 1.165) is 38.5 Å². The molecular weight excluding hydrogens is 1080 g/mol. The summed E-state index contributed by atoms with van der Waals surface area (Å²) < 4.78 is 22.9. The van der Waals surface area contributed by atoms with E-state index in [1.54, 1.807) is 0 Å². The number of nitrogens with zero attached hydrogens (tertiary/aromatic N) is 1. The molecule has 0 bridgehead atoms. The van der Waals surface area contributed by atoms with Gasteiger partial charge in [-0.1, -0.05) is 399 Å². The van der Waals surface area contributed by atoms with Crippen molar-refractivity contribution in [3.63, 3.8) is 0 Å². The molecule has 9 heteroatoms. The van der Waals surface area contributed by atoms with Crippen molar-refractivity contribution in [1.82, 2.24) is 0 Å². The number of rotatable bonds is 75. The molecule has 87 heavy (non-hydrogen) atoms. The molecular formula is C78H153NO8. The molecule has 2 atom stereocenters. The van der Waals surface area contributed by atoms with E-state index in [4.69, 9.17) is 18.9 Å². The van der Waals surface area contributed by atoms with Crippen molar-refractivity contribution in [3.8, 4) is 0 Å². The van der Waals surface area contributed by atoms with Gasteiger partial charge in [0.1, 0.15) is 13.2 Å². The van der Waals surface area contributed by atoms with Crippen molar-refractivity contribution in [2.24, 2.45) is 0 Å². The average molecular weight is 1230 g/mol. The molecule has 0 aromatic carbocycles. The van der Waals surface area contributed by atoms with E-state index in [1.165, 1.54) is 360 Å². The number of ether oxygens (including phenoxy) is 4. The van der Waals surface area contributed by atoms with Gasteiger partial charge in [0.15, 0.2) is 12.4 Å². The maximum atomic E-state index is 13.0. The van der Waals surface area contributed by atoms with Crippen molar-refractivity contribution in [1.29, 1.82) is 0 Å². The van der Waals surface area contributed by atoms with Crippen LogP contribution >= 0.6 is 0 Å². The second-order valence-electron chi connectivity index (χ2n) is 28.4. The van der Waals surface area contributed by atoms with Gasteiger partial charge in [-0.3, -0.25) is 9.59 Å². The van der Waals surface area contributed by atoms with Crippen LogP contribution in [0.4, 0.5) is 0 Å². The Bertz CT molecular complexity index is 1390. The summed E-state index contributed by atoms with van der Waals surface area (Å²) in [4.78, 5) is 37.6. The molecule has 9 nitrogen and oxygen atoms in total. The van der Waals surface area contributed by atoms with Crippen LogP contribution in [-0.4, -0.2) is 82.3 Å². The average Bonchev–Trinajstić information content (AvgIpc) is 3.56. The summed E-state index contributed by atoms with van der Waals surface area (Å²) in [6.07, 6.45) is 82.3. The van der Waals surface area contributed by atoms with Crippen LogP contribution in [0.25, 0.3) is 0 Å². The van der Waals surface area contributed by atoms with E-state index >= 15 is 0 Å². The smallest absolute Gasteiger partial charge is 0.306 e. The van der Waals surface area contributed by atoms with Crippen molar-refractivity contribution in [3.05, 3.63) is 0 Å². The molecule has 0 radical (unpaired) electrons. The summed E-state index contributed by atoms with van der Waals surface area (Å²) in [6, 6.07) is 0. The summed E-state index contributed by atoms with van der Waals surface area (Å²) in [7, 11) is 5.96. The van der Waals surface area contributed by atoms with Crippen LogP contribution in [-0.2, 0) is 33.3 Å². The first-order valence-corrected chi connectivity index (χ1v) is 39.2. The van der Waals surface area contributed by atoms with Gasteiger partial charge in [-0.05, 0) is 12.8 Å². The predicted molar refractivity (Wildman–Crippen MR) is 371 cm³/mol. The molecule has 0 spiro atoms. The second kappa shape index (κ2) is 70.2. The number of carbonyl (C=O) groups is 3. The zero-order chi connectivity index (χ0) is 63.3. The Morgan fingerprint density at radius 2 is 0.517 bits per heavy atom. The molecule has 0 aromatic rings. The van der Waals surface area contributed by atoms with Gasteiger partial charge in [0, 0.05) is 12.8 Å². The van der Waals surface area contributed by atoms with Gasteiger partial charge in [0.05, 0.1) is 40.3 Å². The molecule has 0 fully saturated rings. The third-order valence-electron chi connectivity index (χ3n) is 18.4. The summed E-state index contributed by atoms with van der Waals surface area (Å²) in [5.74, 6) is -2.24. The number of esters is 2. The van der Waals surface area contributed by atoms with Crippen LogP contribution in [0.3, 0.4) is 0 Å². The van der Waals surface area contributed by atoms with Crippen LogP contribution in [0, 0.1) is 0 Å². The minimum Gasteiger partial charge on any atom is -0.545 e. The van der Waals surface area contributed by atoms with E-state index < -0.39 is 24.3 Å². The number of aliphatic carboxylic acids is 1. The lowest BCUT2D eigenvalue weighted by Gasteiger charge is -2.26. The zero-order valence-corrected chi connectivity index (χ0v) is 59.5. The summed E-state index contributed by atoms with van der Waals surface area (Å²) in [5.41, 5.74) is 0. The van der Waals surface area contributed by atoms with Crippen LogP contribution in [0.1, 0.15) is 425 Å². The number of carbonyl (C=O) groups excluding carboxylic acids is 3. The van der Waals surface area contributed by atoms with Crippen molar-refractivity contribution >= 4 is 17.9 Å². The number of unbranched alkanes of at least 4 members (excludes halogenated alkanes) is 60. The Labute approximate surface area is 543 Å². The molecule has 0 rings (SSSR count). The van der Waals surface area contributed by atoms with E-state index in [-0.39, 0.29) is 32.2 Å². The van der Waals surface area contributed by atoms with Crippen LogP contribution in [0.5, 0.6) is 0 Å². The molecule has 0 N–H and O–H groups in total. The number of hydrogen-bond acceptors (Lipinski definition) is 8. The van der Waals surface area contributed by atoms with E-state index in [9.17, 15) is 19.5 Å². The minimum absolute atomic E-state index is 0.154. The van der Waals surface area contributed by atoms with Crippen LogP contribution in [0.15, 0.2) is 0 Å². The van der Waals surface area contributed by atoms with Gasteiger partial charge < -0.3 is 33.3 Å². The van der Waals surface area contributed by atoms with Crippen molar-refractivity contribution in [2.45, 2.75) is 437 Å². The van der Waals surface area contributed by atoms with Gasteiger partial charge in [-0.2, -0.15) is 0 Å². The fourth-order valence-electron chi connectivity index (χ4n) is 12.4. The molecule has 0 saturated carbocycles. The summed E-state index contributed by atoms with van der Waals surface area (Å²) >= 11 is 0. The lowest BCUT2D eigenvalue weighted by Crippen LogP contribution is -2.44. The fraction of sp³-hybridized carbons (Fsp3) is 0.962. The maximum absolute atomic E-state index is 13.0. The van der Waals surface area contributed by atoms with Crippen molar-refractivity contribution in [2.75, 3.05) is 47.5 Å². The number of hydrogen-bond donors (Lipinski definition) is 0. The first-order valence-electron chi connectivity index (χ1n) is 39.2. The molecule has 0 amide bonds. The molecule has 0 saturated heterocycles. The lowest BCUT2D eigenvalue weighted by atomic mass is 10.0. The second-order valence-corrected chi connectivity index (χ2v) is 28.4. The van der Waals surface area contributed by atoms with Gasteiger partial charge in [-0.15, -0.1) is 0 Å². The van der Waals surface area contributed by atoms with Gasteiger partial charge in [-0.25, -0.2) is 0 Å². The Morgan fingerprint density at radius 1 is 0.299 bits per heavy atom. The van der Waals surface area contributed by atoms with Crippen LogP contribution < -0.4 is 5.11 Å². The zero-order valence-electron chi connectivity index (χ0n) is 59.5. The maximum Gasteiger partial charge on any atom is 0.306 e. The first-order chi connectivity index (χ1) is 42.6. The molecule has 518 valence electrons. The van der Waals surface area contributed by atoms with Crippen LogP contribution in [0.2, 0.25) is 0 Å². The van der Waals surface area contributed by atoms with E-state index in [1.807, 2.05) is 21.1 Å². The Hall–Kier alpha value is -1.71. The molecule has 0 aromatic heterocycles. The fourth-order valence-corrected chi connectivity index (χ4v) is 12.4.